The van der Waals surface area contributed by atoms with Gasteiger partial charge in [-0.05, 0) is 58.1 Å². The molecule has 32 heavy (non-hydrogen) atoms. The molecule has 4 nitrogen and oxygen atoms in total. The summed E-state index contributed by atoms with van der Waals surface area (Å²) in [5.74, 6) is -0.922. The summed E-state index contributed by atoms with van der Waals surface area (Å²) in [4.78, 5) is 13.4. The van der Waals surface area contributed by atoms with Crippen molar-refractivity contribution in [2.24, 2.45) is 0 Å². The van der Waals surface area contributed by atoms with Gasteiger partial charge in [-0.3, -0.25) is 4.79 Å². The lowest BCUT2D eigenvalue weighted by molar-refractivity contribution is -0.122. The van der Waals surface area contributed by atoms with Gasteiger partial charge in [0.25, 0.3) is 0 Å². The molecule has 0 spiro atoms. The van der Waals surface area contributed by atoms with Crippen molar-refractivity contribution in [2.45, 2.75) is 15.9 Å². The third-order valence-electron chi connectivity index (χ3n) is 4.54. The van der Waals surface area contributed by atoms with Crippen molar-refractivity contribution in [3.8, 4) is 0 Å². The predicted molar refractivity (Wildman–Crippen MR) is 145 cm³/mol. The minimum Gasteiger partial charge on any atom is -0.339 e. The first kappa shape index (κ1) is 25.1. The van der Waals surface area contributed by atoms with Crippen LogP contribution in [-0.4, -0.2) is 21.0 Å². The number of amides is 1. The fourth-order valence-electron chi connectivity index (χ4n) is 3.06. The Morgan fingerprint density at radius 1 is 0.812 bits per heavy atom. The number of carbonyl (C=O) groups excluding carboxylic acids is 1. The largest absolute Gasteiger partial charge is 0.339 e. The monoisotopic (exact) mass is 617 g/mol. The van der Waals surface area contributed by atoms with Gasteiger partial charge >= 0.3 is 0 Å². The van der Waals surface area contributed by atoms with Crippen LogP contribution in [0.5, 0.6) is 0 Å². The van der Waals surface area contributed by atoms with Gasteiger partial charge in [0.2, 0.25) is 9.70 Å². The van der Waals surface area contributed by atoms with Gasteiger partial charge in [-0.2, -0.15) is 0 Å². The summed E-state index contributed by atoms with van der Waals surface area (Å²) < 4.78 is -0.889. The molecule has 0 aliphatic rings. The average molecular weight is 619 g/mol. The number of carbonyl (C=O) groups is 1. The highest BCUT2D eigenvalue weighted by Gasteiger charge is 2.36. The smallest absolute Gasteiger partial charge is 0.233 e. The van der Waals surface area contributed by atoms with Crippen molar-refractivity contribution in [2.75, 3.05) is 5.32 Å². The van der Waals surface area contributed by atoms with Crippen LogP contribution in [0.25, 0.3) is 0 Å². The van der Waals surface area contributed by atoms with E-state index in [1.165, 1.54) is 0 Å². The third kappa shape index (κ3) is 6.96. The van der Waals surface area contributed by atoms with Crippen LogP contribution in [0.2, 0.25) is 0 Å². The SMILES string of the molecule is O=C(NC(NC(=S)Nc1ccccc1I)C(Cl)(Cl)Cl)C(c1ccccc1)c1ccccc1. The first-order valence-corrected chi connectivity index (χ1v) is 12.2. The van der Waals surface area contributed by atoms with E-state index in [1.807, 2.05) is 84.9 Å². The topological polar surface area (TPSA) is 53.2 Å². The van der Waals surface area contributed by atoms with E-state index in [9.17, 15) is 4.79 Å². The number of benzene rings is 3. The Labute approximate surface area is 221 Å². The highest BCUT2D eigenvalue weighted by molar-refractivity contribution is 14.1. The Hall–Kier alpha value is -1.58. The molecule has 0 aromatic heterocycles. The summed E-state index contributed by atoms with van der Waals surface area (Å²) in [5.41, 5.74) is 2.43. The van der Waals surface area contributed by atoms with Crippen LogP contribution in [-0.2, 0) is 4.79 Å². The molecule has 3 N–H and O–H groups in total. The van der Waals surface area contributed by atoms with Crippen molar-refractivity contribution in [1.82, 2.24) is 10.6 Å². The van der Waals surface area contributed by atoms with Crippen LogP contribution in [0.15, 0.2) is 84.9 Å². The zero-order valence-electron chi connectivity index (χ0n) is 16.6. The van der Waals surface area contributed by atoms with E-state index >= 15 is 0 Å². The number of para-hydroxylation sites is 1. The number of nitrogens with one attached hydrogen (secondary N) is 3. The van der Waals surface area contributed by atoms with Crippen molar-refractivity contribution in [3.63, 3.8) is 0 Å². The maximum atomic E-state index is 13.4. The molecule has 0 heterocycles. The molecule has 0 saturated carbocycles. The van der Waals surface area contributed by atoms with Gasteiger partial charge in [0.05, 0.1) is 11.6 Å². The number of anilines is 1. The lowest BCUT2D eigenvalue weighted by Gasteiger charge is -2.30. The minimum absolute atomic E-state index is 0.210. The predicted octanol–water partition coefficient (Wildman–Crippen LogP) is 6.22. The number of hydrogen-bond acceptors (Lipinski definition) is 2. The summed E-state index contributed by atoms with van der Waals surface area (Å²) >= 11 is 26.1. The van der Waals surface area contributed by atoms with Gasteiger partial charge in [-0.25, -0.2) is 0 Å². The summed E-state index contributed by atoms with van der Waals surface area (Å²) in [6.07, 6.45) is -1.07. The van der Waals surface area contributed by atoms with E-state index in [0.717, 1.165) is 20.4 Å². The number of thiocarbonyl (C=S) groups is 1. The molecule has 0 saturated heterocycles. The van der Waals surface area contributed by atoms with Crippen LogP contribution in [0.3, 0.4) is 0 Å². The van der Waals surface area contributed by atoms with Gasteiger partial charge in [0.1, 0.15) is 6.17 Å². The molecule has 1 amide bonds. The summed E-state index contributed by atoms with van der Waals surface area (Å²) in [6.45, 7) is 0. The maximum Gasteiger partial charge on any atom is 0.233 e. The van der Waals surface area contributed by atoms with E-state index in [0.29, 0.717) is 0 Å². The Bertz CT molecular complexity index is 1030. The van der Waals surface area contributed by atoms with Crippen LogP contribution in [0.1, 0.15) is 17.0 Å². The Kier molecular flexibility index (Phi) is 9.02. The number of hydrogen-bond donors (Lipinski definition) is 3. The average Bonchev–Trinajstić information content (AvgIpc) is 2.76. The van der Waals surface area contributed by atoms with Crippen LogP contribution >= 0.6 is 69.6 Å². The van der Waals surface area contributed by atoms with Crippen molar-refractivity contribution < 1.29 is 4.79 Å². The normalized spacial score (nSPS) is 12.2. The molecule has 3 aromatic carbocycles. The lowest BCUT2D eigenvalue weighted by Crippen LogP contribution is -2.57. The molecular formula is C23H19Cl3IN3OS. The molecule has 0 aliphatic carbocycles. The van der Waals surface area contributed by atoms with E-state index in [1.54, 1.807) is 0 Å². The van der Waals surface area contributed by atoms with E-state index in [-0.39, 0.29) is 11.0 Å². The highest BCUT2D eigenvalue weighted by Crippen LogP contribution is 2.31. The second kappa shape index (κ2) is 11.5. The summed E-state index contributed by atoms with van der Waals surface area (Å²) in [5, 5.41) is 8.99. The molecule has 0 radical (unpaired) electrons. The quantitative estimate of drug-likeness (QED) is 0.133. The fraction of sp³-hybridized carbons (Fsp3) is 0.130. The molecule has 0 bridgehead atoms. The molecule has 1 unspecified atom stereocenters. The standard InChI is InChI=1S/C23H19Cl3IN3OS/c24-23(25,26)21(30-22(32)28-18-14-8-7-13-17(18)27)29-20(31)19(15-9-3-1-4-10-15)16-11-5-2-6-12-16/h1-14,19,21H,(H,29,31)(H2,28,30,32). The van der Waals surface area contributed by atoms with Crippen molar-refractivity contribution in [3.05, 3.63) is 99.6 Å². The van der Waals surface area contributed by atoms with E-state index in [4.69, 9.17) is 47.0 Å². The molecular weight excluding hydrogens is 600 g/mol. The molecule has 0 fully saturated rings. The zero-order valence-corrected chi connectivity index (χ0v) is 21.8. The van der Waals surface area contributed by atoms with Crippen molar-refractivity contribution in [1.29, 1.82) is 0 Å². The van der Waals surface area contributed by atoms with Gasteiger partial charge in [0.15, 0.2) is 5.11 Å². The Morgan fingerprint density at radius 2 is 1.31 bits per heavy atom. The Balaban J connectivity index is 1.81. The van der Waals surface area contributed by atoms with Gasteiger partial charge < -0.3 is 16.0 Å². The number of halogens is 4. The number of rotatable bonds is 6. The lowest BCUT2D eigenvalue weighted by atomic mass is 9.90. The summed E-state index contributed by atoms with van der Waals surface area (Å²) in [6, 6.07) is 26.5. The molecule has 3 aromatic rings. The zero-order chi connectivity index (χ0) is 23.1. The van der Waals surface area contributed by atoms with E-state index < -0.39 is 15.9 Å². The number of alkyl halides is 3. The van der Waals surface area contributed by atoms with Gasteiger partial charge in [-0.1, -0.05) is 108 Å². The van der Waals surface area contributed by atoms with Gasteiger partial charge in [0, 0.05) is 3.57 Å². The van der Waals surface area contributed by atoms with Crippen LogP contribution in [0.4, 0.5) is 5.69 Å². The molecule has 166 valence electrons. The summed E-state index contributed by atoms with van der Waals surface area (Å²) in [7, 11) is 0. The fourth-order valence-corrected chi connectivity index (χ4v) is 4.14. The molecule has 0 aliphatic heterocycles. The molecule has 3 rings (SSSR count). The Morgan fingerprint density at radius 3 is 1.81 bits per heavy atom. The minimum atomic E-state index is -1.86. The third-order valence-corrected chi connectivity index (χ3v) is 6.35. The highest BCUT2D eigenvalue weighted by atomic mass is 127. The molecule has 9 heteroatoms. The van der Waals surface area contributed by atoms with Crippen LogP contribution in [0, 0.1) is 3.57 Å². The van der Waals surface area contributed by atoms with Gasteiger partial charge in [-0.15, -0.1) is 0 Å². The van der Waals surface area contributed by atoms with E-state index in [2.05, 4.69) is 38.5 Å². The van der Waals surface area contributed by atoms with Crippen LogP contribution < -0.4 is 16.0 Å². The second-order valence-corrected chi connectivity index (χ2v) is 10.8. The molecule has 1 atom stereocenters. The maximum absolute atomic E-state index is 13.4. The second-order valence-electron chi connectivity index (χ2n) is 6.82. The first-order valence-electron chi connectivity index (χ1n) is 9.54. The first-order chi connectivity index (χ1) is 15.3. The van der Waals surface area contributed by atoms with Crippen molar-refractivity contribution >= 4 is 86.3 Å².